The van der Waals surface area contributed by atoms with Gasteiger partial charge in [-0.3, -0.25) is 0 Å². The molecule has 1 aliphatic rings. The third-order valence-corrected chi connectivity index (χ3v) is 2.32. The van der Waals surface area contributed by atoms with Crippen LogP contribution < -0.4 is 11.1 Å². The number of rotatable bonds is 0. The quantitative estimate of drug-likeness (QED) is 0.609. The van der Waals surface area contributed by atoms with Crippen LogP contribution in [0.4, 0.5) is 11.5 Å². The zero-order valence-electron chi connectivity index (χ0n) is 7.41. The Bertz CT molecular complexity index is 291. The lowest BCUT2D eigenvalue weighted by molar-refractivity contribution is 0.414. The molecular formula is C8H14N4. The average molecular weight is 166 g/mol. The van der Waals surface area contributed by atoms with E-state index in [1.165, 1.54) is 0 Å². The van der Waals surface area contributed by atoms with Gasteiger partial charge in [-0.2, -0.15) is 5.10 Å². The van der Waals surface area contributed by atoms with Crippen molar-refractivity contribution in [3.63, 3.8) is 0 Å². The smallest absolute Gasteiger partial charge is 0.148 e. The van der Waals surface area contributed by atoms with Gasteiger partial charge < -0.3 is 11.1 Å². The van der Waals surface area contributed by atoms with Crippen LogP contribution in [0.15, 0.2) is 6.20 Å². The molecule has 0 amide bonds. The molecule has 12 heavy (non-hydrogen) atoms. The molecule has 0 spiro atoms. The molecule has 66 valence electrons. The van der Waals surface area contributed by atoms with Crippen molar-refractivity contribution in [2.45, 2.75) is 32.4 Å². The Morgan fingerprint density at radius 3 is 3.17 bits per heavy atom. The summed E-state index contributed by atoms with van der Waals surface area (Å²) in [7, 11) is 0. The third kappa shape index (κ3) is 0.948. The van der Waals surface area contributed by atoms with E-state index in [4.69, 9.17) is 5.73 Å². The number of nitrogens with two attached hydrogens (primary N) is 1. The lowest BCUT2D eigenvalue weighted by atomic mass is 10.1. The van der Waals surface area contributed by atoms with Gasteiger partial charge >= 0.3 is 0 Å². The molecule has 0 saturated heterocycles. The van der Waals surface area contributed by atoms with Gasteiger partial charge in [0.25, 0.3) is 0 Å². The molecule has 2 unspecified atom stereocenters. The van der Waals surface area contributed by atoms with Gasteiger partial charge in [-0.05, 0) is 20.3 Å². The predicted molar refractivity (Wildman–Crippen MR) is 49.1 cm³/mol. The number of hydrogen-bond acceptors (Lipinski definition) is 3. The number of nitrogens with one attached hydrogen (secondary N) is 1. The van der Waals surface area contributed by atoms with E-state index in [-0.39, 0.29) is 0 Å². The van der Waals surface area contributed by atoms with Crippen LogP contribution in [0, 0.1) is 0 Å². The molecule has 1 aliphatic heterocycles. The highest BCUT2D eigenvalue weighted by atomic mass is 15.4. The van der Waals surface area contributed by atoms with E-state index in [1.54, 1.807) is 6.20 Å². The molecule has 2 rings (SSSR count). The Labute approximate surface area is 71.7 Å². The fourth-order valence-corrected chi connectivity index (χ4v) is 1.76. The van der Waals surface area contributed by atoms with Gasteiger partial charge in [0.1, 0.15) is 5.82 Å². The first kappa shape index (κ1) is 7.46. The topological polar surface area (TPSA) is 55.9 Å². The second kappa shape index (κ2) is 2.40. The molecule has 0 radical (unpaired) electrons. The molecule has 2 atom stereocenters. The molecule has 2 heterocycles. The van der Waals surface area contributed by atoms with Crippen LogP contribution in [0.2, 0.25) is 0 Å². The van der Waals surface area contributed by atoms with Crippen LogP contribution in [0.1, 0.15) is 26.3 Å². The van der Waals surface area contributed by atoms with Gasteiger partial charge in [-0.15, -0.1) is 0 Å². The van der Waals surface area contributed by atoms with Crippen molar-refractivity contribution in [1.82, 2.24) is 9.78 Å². The maximum absolute atomic E-state index is 5.74. The number of nitrogens with zero attached hydrogens (tertiary/aromatic N) is 2. The zero-order valence-corrected chi connectivity index (χ0v) is 7.41. The molecule has 0 saturated carbocycles. The molecule has 1 aromatic rings. The maximum Gasteiger partial charge on any atom is 0.148 e. The molecule has 0 fully saturated rings. The summed E-state index contributed by atoms with van der Waals surface area (Å²) in [6, 6.07) is 0.944. The van der Waals surface area contributed by atoms with E-state index in [1.807, 2.05) is 4.68 Å². The Kier molecular flexibility index (Phi) is 1.49. The van der Waals surface area contributed by atoms with E-state index in [2.05, 4.69) is 24.3 Å². The van der Waals surface area contributed by atoms with E-state index < -0.39 is 0 Å². The van der Waals surface area contributed by atoms with Crippen molar-refractivity contribution in [3.8, 4) is 0 Å². The maximum atomic E-state index is 5.74. The SMILES string of the molecule is CC1CC(C)n2ncc(N)c2N1. The first-order chi connectivity index (χ1) is 5.68. The second-order valence-electron chi connectivity index (χ2n) is 3.52. The number of fused-ring (bicyclic) bond motifs is 1. The Morgan fingerprint density at radius 1 is 1.67 bits per heavy atom. The molecule has 3 N–H and O–H groups in total. The van der Waals surface area contributed by atoms with E-state index in [0.29, 0.717) is 12.1 Å². The highest BCUT2D eigenvalue weighted by Crippen LogP contribution is 2.29. The molecule has 0 aromatic carbocycles. The summed E-state index contributed by atoms with van der Waals surface area (Å²) in [5.74, 6) is 0.973. The van der Waals surface area contributed by atoms with Gasteiger partial charge in [-0.1, -0.05) is 0 Å². The number of aromatic nitrogens is 2. The number of nitrogen functional groups attached to an aromatic ring is 1. The normalized spacial score (nSPS) is 27.8. The standard InChI is InChI=1S/C8H14N4/c1-5-3-6(2)12-8(11-5)7(9)4-10-12/h4-6,11H,3,9H2,1-2H3. The highest BCUT2D eigenvalue weighted by Gasteiger charge is 2.22. The van der Waals surface area contributed by atoms with Gasteiger partial charge in [0, 0.05) is 6.04 Å². The molecule has 4 heteroatoms. The van der Waals surface area contributed by atoms with E-state index in [0.717, 1.165) is 17.9 Å². The van der Waals surface area contributed by atoms with Crippen molar-refractivity contribution in [2.24, 2.45) is 0 Å². The van der Waals surface area contributed by atoms with Crippen LogP contribution >= 0.6 is 0 Å². The van der Waals surface area contributed by atoms with Crippen molar-refractivity contribution < 1.29 is 0 Å². The first-order valence-corrected chi connectivity index (χ1v) is 4.28. The van der Waals surface area contributed by atoms with Crippen molar-refractivity contribution in [2.75, 3.05) is 11.1 Å². The summed E-state index contributed by atoms with van der Waals surface area (Å²) in [6.45, 7) is 4.32. The summed E-state index contributed by atoms with van der Waals surface area (Å²) in [5.41, 5.74) is 6.48. The lowest BCUT2D eigenvalue weighted by Crippen LogP contribution is -2.29. The Hall–Kier alpha value is -1.19. The minimum atomic E-state index is 0.452. The van der Waals surface area contributed by atoms with Crippen molar-refractivity contribution >= 4 is 11.5 Å². The number of hydrogen-bond donors (Lipinski definition) is 2. The first-order valence-electron chi connectivity index (χ1n) is 4.28. The third-order valence-electron chi connectivity index (χ3n) is 2.32. The van der Waals surface area contributed by atoms with Crippen LogP contribution in [0.5, 0.6) is 0 Å². The Morgan fingerprint density at radius 2 is 2.42 bits per heavy atom. The van der Waals surface area contributed by atoms with Crippen LogP contribution in [-0.2, 0) is 0 Å². The summed E-state index contributed by atoms with van der Waals surface area (Å²) in [6.07, 6.45) is 2.81. The molecule has 1 aromatic heterocycles. The minimum Gasteiger partial charge on any atom is -0.394 e. The highest BCUT2D eigenvalue weighted by molar-refractivity contribution is 5.61. The minimum absolute atomic E-state index is 0.452. The fourth-order valence-electron chi connectivity index (χ4n) is 1.76. The van der Waals surface area contributed by atoms with Gasteiger partial charge in [0.05, 0.1) is 17.9 Å². The van der Waals surface area contributed by atoms with Crippen molar-refractivity contribution in [3.05, 3.63) is 6.20 Å². The summed E-state index contributed by atoms with van der Waals surface area (Å²) >= 11 is 0. The van der Waals surface area contributed by atoms with Gasteiger partial charge in [0.2, 0.25) is 0 Å². The fraction of sp³-hybridized carbons (Fsp3) is 0.625. The Balaban J connectivity index is 2.43. The van der Waals surface area contributed by atoms with Crippen LogP contribution in [-0.4, -0.2) is 15.8 Å². The van der Waals surface area contributed by atoms with E-state index in [9.17, 15) is 0 Å². The summed E-state index contributed by atoms with van der Waals surface area (Å²) < 4.78 is 1.95. The molecular weight excluding hydrogens is 152 g/mol. The molecule has 4 nitrogen and oxygen atoms in total. The van der Waals surface area contributed by atoms with E-state index >= 15 is 0 Å². The monoisotopic (exact) mass is 166 g/mol. The second-order valence-corrected chi connectivity index (χ2v) is 3.52. The van der Waals surface area contributed by atoms with Crippen LogP contribution in [0.25, 0.3) is 0 Å². The number of anilines is 2. The predicted octanol–water partition coefficient (Wildman–Crippen LogP) is 1.23. The van der Waals surface area contributed by atoms with Gasteiger partial charge in [-0.25, -0.2) is 4.68 Å². The average Bonchev–Trinajstić information content (AvgIpc) is 2.33. The van der Waals surface area contributed by atoms with Crippen LogP contribution in [0.3, 0.4) is 0 Å². The molecule has 0 aliphatic carbocycles. The summed E-state index contributed by atoms with van der Waals surface area (Å²) in [5, 5.41) is 7.51. The lowest BCUT2D eigenvalue weighted by Gasteiger charge is -2.28. The zero-order chi connectivity index (χ0) is 8.72. The summed E-state index contributed by atoms with van der Waals surface area (Å²) in [4.78, 5) is 0. The van der Waals surface area contributed by atoms with Crippen molar-refractivity contribution in [1.29, 1.82) is 0 Å². The molecule has 0 bridgehead atoms. The largest absolute Gasteiger partial charge is 0.394 e. The van der Waals surface area contributed by atoms with Gasteiger partial charge in [0.15, 0.2) is 0 Å².